The highest BCUT2D eigenvalue weighted by molar-refractivity contribution is 5.88. The Hall–Kier alpha value is -0.530. The van der Waals surface area contributed by atoms with Crippen LogP contribution in [0.15, 0.2) is 0 Å². The van der Waals surface area contributed by atoms with E-state index in [1.807, 2.05) is 0 Å². The molecule has 0 amide bonds. The largest absolute Gasteiger partial charge is 0.394 e. The summed E-state index contributed by atoms with van der Waals surface area (Å²) in [5, 5.41) is 27.1. The van der Waals surface area contributed by atoms with Crippen molar-refractivity contribution in [2.24, 2.45) is 0 Å². The summed E-state index contributed by atoms with van der Waals surface area (Å²) in [5.41, 5.74) is 0. The molecule has 0 aromatic carbocycles. The van der Waals surface area contributed by atoms with Crippen LogP contribution in [0.3, 0.4) is 0 Å². The van der Waals surface area contributed by atoms with Gasteiger partial charge in [0.2, 0.25) is 0 Å². The minimum absolute atomic E-state index is 0.501. The minimum atomic E-state index is -1.50. The van der Waals surface area contributed by atoms with Gasteiger partial charge in [-0.25, -0.2) is 0 Å². The molecule has 1 aliphatic rings. The van der Waals surface area contributed by atoms with Crippen LogP contribution in [0.1, 0.15) is 0 Å². The molecule has 1 saturated heterocycles. The van der Waals surface area contributed by atoms with E-state index in [0.29, 0.717) is 0 Å². The van der Waals surface area contributed by atoms with E-state index in [1.54, 1.807) is 0 Å². The van der Waals surface area contributed by atoms with Crippen LogP contribution < -0.4 is 0 Å². The number of carbonyl (C=O) groups excluding carboxylic acids is 1. The van der Waals surface area contributed by atoms with Crippen molar-refractivity contribution < 1.29 is 29.6 Å². The number of rotatable bonds is 2. The van der Waals surface area contributed by atoms with Crippen LogP contribution in [0.5, 0.6) is 0 Å². The van der Waals surface area contributed by atoms with E-state index in [0.717, 1.165) is 0 Å². The SMILES string of the molecule is CO[C@@H]1O[C@H](CO)[C@@H](O)C(=O)C1O. The highest BCUT2D eigenvalue weighted by Crippen LogP contribution is 2.17. The summed E-state index contributed by atoms with van der Waals surface area (Å²) < 4.78 is 9.53. The molecule has 1 heterocycles. The zero-order valence-electron chi connectivity index (χ0n) is 7.08. The molecule has 13 heavy (non-hydrogen) atoms. The van der Waals surface area contributed by atoms with E-state index in [4.69, 9.17) is 9.84 Å². The number of aliphatic hydroxyl groups excluding tert-OH is 3. The Morgan fingerprint density at radius 1 is 1.46 bits per heavy atom. The maximum absolute atomic E-state index is 11.1. The van der Waals surface area contributed by atoms with Gasteiger partial charge in [-0.3, -0.25) is 4.79 Å². The summed E-state index contributed by atoms with van der Waals surface area (Å²) in [6.45, 7) is -0.501. The topological polar surface area (TPSA) is 96.2 Å². The van der Waals surface area contributed by atoms with E-state index in [1.165, 1.54) is 7.11 Å². The molecule has 0 saturated carbocycles. The van der Waals surface area contributed by atoms with Gasteiger partial charge in [-0.05, 0) is 0 Å². The number of hydrogen-bond donors (Lipinski definition) is 3. The third kappa shape index (κ3) is 1.87. The number of carbonyl (C=O) groups is 1. The molecule has 1 fully saturated rings. The van der Waals surface area contributed by atoms with Crippen molar-refractivity contribution in [2.45, 2.75) is 24.6 Å². The fraction of sp³-hybridized carbons (Fsp3) is 0.857. The van der Waals surface area contributed by atoms with E-state index in [-0.39, 0.29) is 0 Å². The highest BCUT2D eigenvalue weighted by atomic mass is 16.7. The van der Waals surface area contributed by atoms with E-state index < -0.39 is 37.0 Å². The monoisotopic (exact) mass is 192 g/mol. The summed E-state index contributed by atoms with van der Waals surface area (Å²) >= 11 is 0. The van der Waals surface area contributed by atoms with Crippen LogP contribution in [-0.2, 0) is 14.3 Å². The lowest BCUT2D eigenvalue weighted by Gasteiger charge is -2.34. The molecule has 0 bridgehead atoms. The second-order valence-corrected chi connectivity index (χ2v) is 2.75. The highest BCUT2D eigenvalue weighted by Gasteiger charge is 2.43. The summed E-state index contributed by atoms with van der Waals surface area (Å²) in [6, 6.07) is 0. The normalized spacial score (nSPS) is 40.8. The maximum atomic E-state index is 11.1. The zero-order chi connectivity index (χ0) is 10.0. The number of ketones is 1. The Morgan fingerprint density at radius 2 is 2.08 bits per heavy atom. The molecule has 76 valence electrons. The number of hydrogen-bond acceptors (Lipinski definition) is 6. The van der Waals surface area contributed by atoms with Crippen molar-refractivity contribution in [1.82, 2.24) is 0 Å². The molecular formula is C7H12O6. The quantitative estimate of drug-likeness (QED) is 0.453. The van der Waals surface area contributed by atoms with E-state index in [2.05, 4.69) is 4.74 Å². The number of ether oxygens (including phenoxy) is 2. The number of Topliss-reactive ketones (excluding diaryl/α,β-unsaturated/α-hetero) is 1. The molecule has 0 aromatic rings. The fourth-order valence-electron chi connectivity index (χ4n) is 1.14. The smallest absolute Gasteiger partial charge is 0.197 e. The van der Waals surface area contributed by atoms with Crippen LogP contribution in [0.4, 0.5) is 0 Å². The van der Waals surface area contributed by atoms with Crippen LogP contribution in [0.25, 0.3) is 0 Å². The fourth-order valence-corrected chi connectivity index (χ4v) is 1.14. The van der Waals surface area contributed by atoms with Crippen molar-refractivity contribution in [2.75, 3.05) is 13.7 Å². The molecule has 0 spiro atoms. The Kier molecular flexibility index (Phi) is 3.34. The summed E-state index contributed by atoms with van der Waals surface area (Å²) in [5.74, 6) is -0.794. The summed E-state index contributed by atoms with van der Waals surface area (Å²) in [6.07, 6.45) is -5.14. The van der Waals surface area contributed by atoms with E-state index in [9.17, 15) is 15.0 Å². The predicted molar refractivity (Wildman–Crippen MR) is 39.8 cm³/mol. The van der Waals surface area contributed by atoms with Crippen LogP contribution >= 0.6 is 0 Å². The molecule has 6 nitrogen and oxygen atoms in total. The van der Waals surface area contributed by atoms with Gasteiger partial charge in [0.1, 0.15) is 12.2 Å². The van der Waals surface area contributed by atoms with Crippen LogP contribution in [0, 0.1) is 0 Å². The lowest BCUT2D eigenvalue weighted by molar-refractivity contribution is -0.247. The van der Waals surface area contributed by atoms with Gasteiger partial charge in [0, 0.05) is 7.11 Å². The second kappa shape index (κ2) is 4.12. The molecule has 3 N–H and O–H groups in total. The van der Waals surface area contributed by atoms with Gasteiger partial charge < -0.3 is 24.8 Å². The first kappa shape index (κ1) is 10.6. The van der Waals surface area contributed by atoms with Crippen LogP contribution in [0.2, 0.25) is 0 Å². The average molecular weight is 192 g/mol. The van der Waals surface area contributed by atoms with Crippen LogP contribution in [-0.4, -0.2) is 59.4 Å². The lowest BCUT2D eigenvalue weighted by atomic mass is 10.0. The molecule has 0 aliphatic carbocycles. The first-order chi connectivity index (χ1) is 6.11. The third-order valence-corrected chi connectivity index (χ3v) is 1.91. The maximum Gasteiger partial charge on any atom is 0.197 e. The van der Waals surface area contributed by atoms with E-state index >= 15 is 0 Å². The van der Waals surface area contributed by atoms with Crippen molar-refractivity contribution in [3.05, 3.63) is 0 Å². The van der Waals surface area contributed by atoms with Gasteiger partial charge in [-0.1, -0.05) is 0 Å². The Balaban J connectivity index is 2.72. The van der Waals surface area contributed by atoms with Crippen molar-refractivity contribution >= 4 is 5.78 Å². The van der Waals surface area contributed by atoms with Gasteiger partial charge in [-0.15, -0.1) is 0 Å². The number of aliphatic hydroxyl groups is 3. The third-order valence-electron chi connectivity index (χ3n) is 1.91. The summed E-state index contributed by atoms with van der Waals surface area (Å²) in [4.78, 5) is 11.1. The van der Waals surface area contributed by atoms with Crippen molar-refractivity contribution in [3.63, 3.8) is 0 Å². The Bertz CT molecular complexity index is 175. The van der Waals surface area contributed by atoms with Gasteiger partial charge in [0.05, 0.1) is 6.61 Å². The molecule has 6 heteroatoms. The average Bonchev–Trinajstić information content (AvgIpc) is 2.15. The first-order valence-electron chi connectivity index (χ1n) is 3.80. The van der Waals surface area contributed by atoms with Gasteiger partial charge >= 0.3 is 0 Å². The predicted octanol–water partition coefficient (Wildman–Crippen LogP) is -2.36. The molecule has 4 atom stereocenters. The van der Waals surface area contributed by atoms with Crippen molar-refractivity contribution in [1.29, 1.82) is 0 Å². The minimum Gasteiger partial charge on any atom is -0.394 e. The lowest BCUT2D eigenvalue weighted by Crippen LogP contribution is -2.56. The Labute approximate surface area is 74.7 Å². The molecular weight excluding hydrogens is 180 g/mol. The van der Waals surface area contributed by atoms with Gasteiger partial charge in [0.15, 0.2) is 18.2 Å². The molecule has 1 aliphatic heterocycles. The molecule has 0 radical (unpaired) electrons. The zero-order valence-corrected chi connectivity index (χ0v) is 7.08. The standard InChI is InChI=1S/C7H12O6/c1-12-7-6(11)5(10)4(9)3(2-8)13-7/h3-4,6-9,11H,2H2,1H3/t3-,4-,6?,7-/m1/s1. The molecule has 1 rings (SSSR count). The molecule has 0 aromatic heterocycles. The number of methoxy groups -OCH3 is 1. The Morgan fingerprint density at radius 3 is 2.54 bits per heavy atom. The first-order valence-corrected chi connectivity index (χ1v) is 3.80. The van der Waals surface area contributed by atoms with Crippen molar-refractivity contribution in [3.8, 4) is 0 Å². The second-order valence-electron chi connectivity index (χ2n) is 2.75. The van der Waals surface area contributed by atoms with Gasteiger partial charge in [0.25, 0.3) is 0 Å². The molecule has 1 unspecified atom stereocenters. The van der Waals surface area contributed by atoms with Gasteiger partial charge in [-0.2, -0.15) is 0 Å². The summed E-state index contributed by atoms with van der Waals surface area (Å²) in [7, 11) is 1.26.